The van der Waals surface area contributed by atoms with Crippen molar-refractivity contribution in [2.75, 3.05) is 26.2 Å². The number of carboxylic acid groups (broad SMARTS) is 1. The fourth-order valence-electron chi connectivity index (χ4n) is 5.24. The highest BCUT2D eigenvalue weighted by Crippen LogP contribution is 2.32. The minimum absolute atomic E-state index is 0.216. The molecule has 1 fully saturated rings. The number of thioether (sulfide) groups is 1. The molecule has 2 aliphatic heterocycles. The van der Waals surface area contributed by atoms with Crippen LogP contribution in [-0.2, 0) is 17.8 Å². The number of nitrogens with one attached hydrogen (secondary N) is 2. The minimum atomic E-state index is -0.919. The van der Waals surface area contributed by atoms with Gasteiger partial charge in [-0.3, -0.25) is 5.32 Å². The number of piperidine rings is 1. The van der Waals surface area contributed by atoms with Gasteiger partial charge >= 0.3 is 5.97 Å². The first kappa shape index (κ1) is 25.8. The van der Waals surface area contributed by atoms with Gasteiger partial charge in [-0.05, 0) is 68.1 Å². The normalized spacial score (nSPS) is 20.8. The van der Waals surface area contributed by atoms with Crippen molar-refractivity contribution in [2.24, 2.45) is 5.92 Å². The van der Waals surface area contributed by atoms with Crippen molar-refractivity contribution in [3.63, 3.8) is 0 Å². The molecule has 1 atom stereocenters. The molecule has 1 unspecified atom stereocenters. The molecule has 0 amide bonds. The summed E-state index contributed by atoms with van der Waals surface area (Å²) in [7, 11) is 0. The maximum absolute atomic E-state index is 13.4. The van der Waals surface area contributed by atoms with Crippen LogP contribution in [0.15, 0.2) is 59.6 Å². The Morgan fingerprint density at radius 1 is 1.22 bits per heavy atom. The van der Waals surface area contributed by atoms with E-state index in [4.69, 9.17) is 4.98 Å². The number of rotatable bonds is 10. The van der Waals surface area contributed by atoms with E-state index in [1.54, 1.807) is 5.41 Å². The van der Waals surface area contributed by atoms with E-state index in [1.807, 2.05) is 24.3 Å². The van der Waals surface area contributed by atoms with E-state index in [9.17, 15) is 14.3 Å². The predicted molar refractivity (Wildman–Crippen MR) is 146 cm³/mol. The molecule has 3 N–H and O–H groups in total. The highest BCUT2D eigenvalue weighted by Gasteiger charge is 2.35. The number of halogens is 1. The molecule has 0 radical (unpaired) electrons. The quantitative estimate of drug-likeness (QED) is 0.364. The zero-order valence-electron chi connectivity index (χ0n) is 21.1. The van der Waals surface area contributed by atoms with Gasteiger partial charge in [0.15, 0.2) is 0 Å². The topological polar surface area (TPSA) is 82.4 Å². The van der Waals surface area contributed by atoms with Crippen LogP contribution in [0.1, 0.15) is 37.6 Å². The van der Waals surface area contributed by atoms with Crippen LogP contribution in [-0.4, -0.2) is 56.7 Å². The predicted octanol–water partition coefficient (Wildman–Crippen LogP) is 4.39. The molecule has 5 rings (SSSR count). The Hall–Kier alpha value is -2.88. The second-order valence-corrected chi connectivity index (χ2v) is 11.1. The second kappa shape index (κ2) is 11.2. The van der Waals surface area contributed by atoms with Gasteiger partial charge in [0.25, 0.3) is 0 Å². The summed E-state index contributed by atoms with van der Waals surface area (Å²) < 4.78 is 15.7. The molecule has 2 aromatic carbocycles. The van der Waals surface area contributed by atoms with Gasteiger partial charge < -0.3 is 19.9 Å². The Kier molecular flexibility index (Phi) is 7.83. The molecule has 0 spiro atoms. The average molecular weight is 524 g/mol. The number of nitrogens with zero attached hydrogens (tertiary/aromatic N) is 3. The number of aliphatic carboxylic acids is 1. The number of fused-ring (bicyclic) bond motifs is 1. The highest BCUT2D eigenvalue weighted by molar-refractivity contribution is 8.03. The van der Waals surface area contributed by atoms with Crippen LogP contribution < -0.4 is 10.6 Å². The van der Waals surface area contributed by atoms with E-state index in [0.717, 1.165) is 74.3 Å². The van der Waals surface area contributed by atoms with Crippen LogP contribution in [0.5, 0.6) is 0 Å². The lowest BCUT2D eigenvalue weighted by Crippen LogP contribution is -2.53. The van der Waals surface area contributed by atoms with Crippen molar-refractivity contribution in [2.45, 2.75) is 44.1 Å². The Bertz CT molecular complexity index is 1270. The van der Waals surface area contributed by atoms with Gasteiger partial charge in [0, 0.05) is 31.5 Å². The van der Waals surface area contributed by atoms with E-state index in [-0.39, 0.29) is 11.5 Å². The standard InChI is InChI=1S/C28H34FN5O2S/c1-2-28(32-24(19-37-28)27(35)36)30-13-16-33-14-11-20(12-15-33)17-26-31-23-5-3-4-6-25(23)34(26)18-21-7-9-22(29)10-8-21/h3-10,19-20,30,32H,2,11-18H2,1H3,(H,35,36). The lowest BCUT2D eigenvalue weighted by molar-refractivity contribution is -0.133. The second-order valence-electron chi connectivity index (χ2n) is 9.91. The Morgan fingerprint density at radius 3 is 2.68 bits per heavy atom. The summed E-state index contributed by atoms with van der Waals surface area (Å²) in [6.45, 7) is 6.56. The third-order valence-corrected chi connectivity index (χ3v) is 8.74. The Morgan fingerprint density at radius 2 is 1.97 bits per heavy atom. The van der Waals surface area contributed by atoms with Crippen molar-refractivity contribution < 1.29 is 14.3 Å². The van der Waals surface area contributed by atoms with Crippen LogP contribution in [0.3, 0.4) is 0 Å². The SMILES string of the molecule is CCC1(NCCN2CCC(Cc3nc4ccccc4n3Cc3ccc(F)cc3)CC2)NC(C(=O)O)=CS1. The lowest BCUT2D eigenvalue weighted by atomic mass is 9.93. The molecular weight excluding hydrogens is 489 g/mol. The molecule has 1 aromatic heterocycles. The molecule has 3 aromatic rings. The van der Waals surface area contributed by atoms with Gasteiger partial charge in [0.1, 0.15) is 22.3 Å². The smallest absolute Gasteiger partial charge is 0.352 e. The minimum Gasteiger partial charge on any atom is -0.477 e. The number of carbonyl (C=O) groups is 1. The molecule has 1 saturated heterocycles. The van der Waals surface area contributed by atoms with E-state index in [2.05, 4.69) is 39.2 Å². The molecule has 196 valence electrons. The number of likely N-dealkylation sites (tertiary alicyclic amines) is 1. The van der Waals surface area contributed by atoms with E-state index < -0.39 is 11.0 Å². The number of hydrogen-bond donors (Lipinski definition) is 3. The number of hydrogen-bond acceptors (Lipinski definition) is 6. The number of imidazole rings is 1. The van der Waals surface area contributed by atoms with E-state index in [1.165, 1.54) is 23.9 Å². The van der Waals surface area contributed by atoms with Crippen LogP contribution in [0.4, 0.5) is 4.39 Å². The van der Waals surface area contributed by atoms with E-state index >= 15 is 0 Å². The van der Waals surface area contributed by atoms with Gasteiger partial charge in [-0.15, -0.1) is 0 Å². The maximum Gasteiger partial charge on any atom is 0.352 e. The summed E-state index contributed by atoms with van der Waals surface area (Å²) in [6.07, 6.45) is 3.96. The summed E-state index contributed by atoms with van der Waals surface area (Å²) >= 11 is 1.51. The van der Waals surface area contributed by atoms with E-state index in [0.29, 0.717) is 12.5 Å². The third-order valence-electron chi connectivity index (χ3n) is 7.45. The molecule has 0 aliphatic carbocycles. The van der Waals surface area contributed by atoms with Crippen molar-refractivity contribution in [3.05, 3.63) is 76.8 Å². The van der Waals surface area contributed by atoms with Crippen molar-refractivity contribution >= 4 is 28.8 Å². The maximum atomic E-state index is 13.4. The van der Waals surface area contributed by atoms with Crippen molar-refractivity contribution in [3.8, 4) is 0 Å². The van der Waals surface area contributed by atoms with Crippen LogP contribution >= 0.6 is 11.8 Å². The Balaban J connectivity index is 1.15. The summed E-state index contributed by atoms with van der Waals surface area (Å²) in [5.41, 5.74) is 3.45. The van der Waals surface area contributed by atoms with Crippen molar-refractivity contribution in [1.29, 1.82) is 0 Å². The summed E-state index contributed by atoms with van der Waals surface area (Å²) in [5, 5.41) is 17.6. The summed E-state index contributed by atoms with van der Waals surface area (Å²) in [5.74, 6) is 0.537. The van der Waals surface area contributed by atoms with Gasteiger partial charge in [-0.1, -0.05) is 43.0 Å². The monoisotopic (exact) mass is 523 g/mol. The first-order valence-corrected chi connectivity index (χ1v) is 13.9. The summed E-state index contributed by atoms with van der Waals surface area (Å²) in [4.78, 5) is 18.3. The number of benzene rings is 2. The highest BCUT2D eigenvalue weighted by atomic mass is 32.2. The summed E-state index contributed by atoms with van der Waals surface area (Å²) in [6, 6.07) is 15.0. The molecule has 2 aliphatic rings. The number of para-hydroxylation sites is 2. The van der Waals surface area contributed by atoms with Gasteiger partial charge in [0.2, 0.25) is 0 Å². The first-order valence-electron chi connectivity index (χ1n) is 13.0. The third kappa shape index (κ3) is 6.00. The molecule has 3 heterocycles. The van der Waals surface area contributed by atoms with Gasteiger partial charge in [0.05, 0.1) is 11.0 Å². The molecule has 37 heavy (non-hydrogen) atoms. The molecule has 9 heteroatoms. The van der Waals surface area contributed by atoms with Crippen LogP contribution in [0, 0.1) is 11.7 Å². The van der Waals surface area contributed by atoms with Crippen molar-refractivity contribution in [1.82, 2.24) is 25.1 Å². The van der Waals surface area contributed by atoms with Gasteiger partial charge in [-0.25, -0.2) is 14.2 Å². The zero-order valence-corrected chi connectivity index (χ0v) is 21.9. The number of carboxylic acids is 1. The molecule has 0 bridgehead atoms. The van der Waals surface area contributed by atoms with Crippen LogP contribution in [0.2, 0.25) is 0 Å². The molecule has 0 saturated carbocycles. The number of aromatic nitrogens is 2. The fourth-order valence-corrected chi connectivity index (χ4v) is 6.24. The molecular formula is C28H34FN5O2S. The van der Waals surface area contributed by atoms with Crippen LogP contribution in [0.25, 0.3) is 11.0 Å². The Labute approximate surface area is 221 Å². The zero-order chi connectivity index (χ0) is 25.8. The average Bonchev–Trinajstić information content (AvgIpc) is 3.49. The lowest BCUT2D eigenvalue weighted by Gasteiger charge is -2.34. The van der Waals surface area contributed by atoms with Gasteiger partial charge in [-0.2, -0.15) is 0 Å². The molecule has 7 nitrogen and oxygen atoms in total. The largest absolute Gasteiger partial charge is 0.477 e. The first-order chi connectivity index (χ1) is 17.9. The fraction of sp³-hybridized carbons (Fsp3) is 0.429.